The molecule has 2 heterocycles. The molecule has 4 amide bonds. The number of hydrogen-bond donors (Lipinski definition) is 1. The number of halogens is 3. The number of anilines is 2. The summed E-state index contributed by atoms with van der Waals surface area (Å²) in [5.74, 6) is -6.28. The van der Waals surface area contributed by atoms with E-state index in [1.807, 2.05) is 6.08 Å². The minimum atomic E-state index is -2.11. The van der Waals surface area contributed by atoms with Crippen LogP contribution in [0.25, 0.3) is 0 Å². The normalized spacial score (nSPS) is 31.0. The topological polar surface area (TPSA) is 104 Å². The number of fused-ring (bicyclic) bond motifs is 4. The van der Waals surface area contributed by atoms with Crippen LogP contribution in [0.1, 0.15) is 24.3 Å². The van der Waals surface area contributed by atoms with Gasteiger partial charge in [0.25, 0.3) is 11.8 Å². The minimum absolute atomic E-state index is 0.0875. The molecule has 1 saturated carbocycles. The van der Waals surface area contributed by atoms with Gasteiger partial charge in [0, 0.05) is 17.5 Å². The number of carbonyl (C=O) groups excluding carboxylic acids is 4. The standard InChI is InChI=1S/C33H25Cl2FN2O6/c1-44-25-15-20(39)11-12-22(25)27-21-13-14-23-26(29(41)37(28(23)40)18-5-3-2-4-6-18)24(21)16-32(34)30(42)38(31(43)33(27,32)35)19-9-7-17(36)8-10-19/h2-13,15,23-24,26-27,39H,14,16H2,1H3/t23-,24+,26-,27+,32+,33-/m0/s1. The fourth-order valence-corrected chi connectivity index (χ4v) is 8.44. The number of para-hydroxylation sites is 1. The Hall–Kier alpha value is -4.21. The Morgan fingerprint density at radius 1 is 0.864 bits per heavy atom. The highest BCUT2D eigenvalue weighted by Gasteiger charge is 2.77. The van der Waals surface area contributed by atoms with Crippen LogP contribution < -0.4 is 14.5 Å². The molecule has 6 atom stereocenters. The lowest BCUT2D eigenvalue weighted by atomic mass is 9.56. The number of allylic oxidation sites excluding steroid dienone is 2. The third-order valence-electron chi connectivity index (χ3n) is 9.44. The molecule has 0 aromatic heterocycles. The highest BCUT2D eigenvalue weighted by atomic mass is 35.5. The van der Waals surface area contributed by atoms with Crippen LogP contribution in [0.3, 0.4) is 0 Å². The Morgan fingerprint density at radius 3 is 2.23 bits per heavy atom. The average molecular weight is 635 g/mol. The van der Waals surface area contributed by atoms with E-state index in [1.54, 1.807) is 36.4 Å². The van der Waals surface area contributed by atoms with Crippen LogP contribution in [0.5, 0.6) is 11.5 Å². The lowest BCUT2D eigenvalue weighted by Crippen LogP contribution is -2.60. The van der Waals surface area contributed by atoms with E-state index < -0.39 is 57.0 Å². The van der Waals surface area contributed by atoms with E-state index >= 15 is 0 Å². The van der Waals surface area contributed by atoms with Crippen molar-refractivity contribution in [2.24, 2.45) is 17.8 Å². The Labute approximate surface area is 261 Å². The Balaban J connectivity index is 1.42. The van der Waals surface area contributed by atoms with Gasteiger partial charge in [0.05, 0.1) is 30.3 Å². The molecule has 2 aliphatic carbocycles. The first-order valence-electron chi connectivity index (χ1n) is 14.0. The van der Waals surface area contributed by atoms with E-state index in [4.69, 9.17) is 27.9 Å². The first-order valence-corrected chi connectivity index (χ1v) is 14.8. The highest BCUT2D eigenvalue weighted by Crippen LogP contribution is 2.66. The van der Waals surface area contributed by atoms with Crippen LogP contribution >= 0.6 is 23.2 Å². The van der Waals surface area contributed by atoms with Gasteiger partial charge in [-0.25, -0.2) is 9.29 Å². The predicted molar refractivity (Wildman–Crippen MR) is 160 cm³/mol. The summed E-state index contributed by atoms with van der Waals surface area (Å²) in [6.45, 7) is 0. The van der Waals surface area contributed by atoms with Gasteiger partial charge in [-0.15, -0.1) is 23.2 Å². The van der Waals surface area contributed by atoms with Crippen LogP contribution in [0, 0.1) is 23.6 Å². The zero-order valence-electron chi connectivity index (χ0n) is 23.2. The van der Waals surface area contributed by atoms with Crippen molar-refractivity contribution >= 4 is 58.2 Å². The molecule has 224 valence electrons. The van der Waals surface area contributed by atoms with Gasteiger partial charge >= 0.3 is 0 Å². The number of phenolic OH excluding ortho intramolecular Hbond substituents is 1. The Kier molecular flexibility index (Phi) is 6.43. The van der Waals surface area contributed by atoms with E-state index in [9.17, 15) is 28.7 Å². The number of amides is 4. The second kappa shape index (κ2) is 9.90. The van der Waals surface area contributed by atoms with Crippen molar-refractivity contribution in [2.45, 2.75) is 28.5 Å². The summed E-state index contributed by atoms with van der Waals surface area (Å²) in [6.07, 6.45) is 1.82. The fourth-order valence-electron chi connectivity index (χ4n) is 7.51. The Bertz CT molecular complexity index is 1780. The second-order valence-corrected chi connectivity index (χ2v) is 12.8. The molecule has 2 saturated heterocycles. The zero-order chi connectivity index (χ0) is 31.1. The maximum atomic E-state index is 14.4. The zero-order valence-corrected chi connectivity index (χ0v) is 24.8. The van der Waals surface area contributed by atoms with Crippen molar-refractivity contribution in [3.05, 3.63) is 95.8 Å². The number of hydrogen-bond acceptors (Lipinski definition) is 6. The quantitative estimate of drug-likeness (QED) is 0.237. The first-order chi connectivity index (χ1) is 21.0. The summed E-state index contributed by atoms with van der Waals surface area (Å²) in [5.41, 5.74) is 1.48. The summed E-state index contributed by atoms with van der Waals surface area (Å²) in [5, 5.41) is 10.2. The fraction of sp³-hybridized carbons (Fsp3) is 0.273. The highest BCUT2D eigenvalue weighted by molar-refractivity contribution is 6.58. The summed E-state index contributed by atoms with van der Waals surface area (Å²) < 4.78 is 19.4. The lowest BCUT2D eigenvalue weighted by Gasteiger charge is -2.50. The molecule has 7 rings (SSSR count). The number of aromatic hydroxyl groups is 1. The molecule has 2 aliphatic heterocycles. The molecule has 0 radical (unpaired) electrons. The Morgan fingerprint density at radius 2 is 1.55 bits per heavy atom. The van der Waals surface area contributed by atoms with E-state index in [0.717, 1.165) is 17.0 Å². The lowest BCUT2D eigenvalue weighted by molar-refractivity contribution is -0.125. The molecule has 44 heavy (non-hydrogen) atoms. The van der Waals surface area contributed by atoms with Crippen LogP contribution in [0.15, 0.2) is 84.4 Å². The molecular formula is C33H25Cl2FN2O6. The summed E-state index contributed by atoms with van der Waals surface area (Å²) in [7, 11) is 1.39. The van der Waals surface area contributed by atoms with Crippen molar-refractivity contribution in [1.29, 1.82) is 0 Å². The average Bonchev–Trinajstić information content (AvgIpc) is 3.36. The van der Waals surface area contributed by atoms with Gasteiger partial charge in [-0.05, 0) is 61.2 Å². The summed E-state index contributed by atoms with van der Waals surface area (Å²) in [6, 6.07) is 17.7. The molecule has 3 aromatic rings. The van der Waals surface area contributed by atoms with Gasteiger partial charge in [0.2, 0.25) is 11.8 Å². The monoisotopic (exact) mass is 634 g/mol. The predicted octanol–water partition coefficient (Wildman–Crippen LogP) is 5.31. The van der Waals surface area contributed by atoms with Crippen molar-refractivity contribution in [3.8, 4) is 11.5 Å². The maximum Gasteiger partial charge on any atom is 0.258 e. The van der Waals surface area contributed by atoms with Crippen LogP contribution in [0.4, 0.5) is 15.8 Å². The van der Waals surface area contributed by atoms with E-state index in [2.05, 4.69) is 0 Å². The van der Waals surface area contributed by atoms with Crippen molar-refractivity contribution in [3.63, 3.8) is 0 Å². The SMILES string of the molecule is COc1cc(O)ccc1[C@H]1C2=CC[C@@H]3C(=O)N(c4ccccc4)C(=O)[C@@H]3[C@@H]2C[C@@]2(Cl)C(=O)N(c3ccc(F)cc3)C(=O)[C@@]12Cl. The molecule has 3 aromatic carbocycles. The van der Waals surface area contributed by atoms with Crippen molar-refractivity contribution < 1.29 is 33.4 Å². The van der Waals surface area contributed by atoms with Crippen LogP contribution in [0.2, 0.25) is 0 Å². The molecule has 11 heteroatoms. The van der Waals surface area contributed by atoms with E-state index in [0.29, 0.717) is 16.8 Å². The smallest absolute Gasteiger partial charge is 0.258 e. The molecule has 0 bridgehead atoms. The third kappa shape index (κ3) is 3.69. The molecular weight excluding hydrogens is 610 g/mol. The van der Waals surface area contributed by atoms with Gasteiger partial charge < -0.3 is 9.84 Å². The van der Waals surface area contributed by atoms with Crippen molar-refractivity contribution in [2.75, 3.05) is 16.9 Å². The third-order valence-corrected chi connectivity index (χ3v) is 10.9. The number of carbonyl (C=O) groups is 4. The van der Waals surface area contributed by atoms with E-state index in [1.165, 1.54) is 36.3 Å². The van der Waals surface area contributed by atoms with E-state index in [-0.39, 0.29) is 35.9 Å². The first kappa shape index (κ1) is 28.6. The second-order valence-electron chi connectivity index (χ2n) is 11.5. The largest absolute Gasteiger partial charge is 0.508 e. The van der Waals surface area contributed by atoms with Gasteiger partial charge in [-0.2, -0.15) is 0 Å². The molecule has 3 fully saturated rings. The molecule has 8 nitrogen and oxygen atoms in total. The number of rotatable bonds is 4. The van der Waals surface area contributed by atoms with Gasteiger partial charge in [-0.3, -0.25) is 24.1 Å². The van der Waals surface area contributed by atoms with Gasteiger partial charge in [0.1, 0.15) is 17.3 Å². The molecule has 1 N–H and O–H groups in total. The number of ether oxygens (including phenoxy) is 1. The number of methoxy groups -OCH3 is 1. The van der Waals surface area contributed by atoms with Gasteiger partial charge in [-0.1, -0.05) is 35.9 Å². The summed E-state index contributed by atoms with van der Waals surface area (Å²) >= 11 is 14.7. The number of benzene rings is 3. The molecule has 0 spiro atoms. The minimum Gasteiger partial charge on any atom is -0.508 e. The summed E-state index contributed by atoms with van der Waals surface area (Å²) in [4.78, 5) is 54.4. The number of imide groups is 2. The maximum absolute atomic E-state index is 14.4. The number of phenols is 1. The number of alkyl halides is 2. The van der Waals surface area contributed by atoms with Crippen LogP contribution in [-0.2, 0) is 19.2 Å². The van der Waals surface area contributed by atoms with Gasteiger partial charge in [0.15, 0.2) is 9.75 Å². The van der Waals surface area contributed by atoms with Crippen LogP contribution in [-0.4, -0.2) is 45.6 Å². The molecule has 4 aliphatic rings. The number of nitrogens with zero attached hydrogens (tertiary/aromatic N) is 2. The molecule has 0 unspecified atom stereocenters. The van der Waals surface area contributed by atoms with Crippen molar-refractivity contribution in [1.82, 2.24) is 0 Å².